The number of hydrogen-bond acceptors (Lipinski definition) is 6. The van der Waals surface area contributed by atoms with E-state index in [1.807, 2.05) is 30.3 Å². The van der Waals surface area contributed by atoms with Gasteiger partial charge in [-0.1, -0.05) is 41.9 Å². The molecule has 2 heterocycles. The van der Waals surface area contributed by atoms with E-state index in [9.17, 15) is 4.79 Å². The zero-order chi connectivity index (χ0) is 17.2. The molecule has 2 aliphatic rings. The molecule has 1 aliphatic heterocycles. The Morgan fingerprint density at radius 1 is 1.32 bits per heavy atom. The zero-order valence-corrected chi connectivity index (χ0v) is 14.3. The van der Waals surface area contributed by atoms with Crippen LogP contribution in [-0.2, 0) is 11.3 Å². The first-order valence-corrected chi connectivity index (χ1v) is 8.83. The molecule has 0 bridgehead atoms. The third-order valence-electron chi connectivity index (χ3n) is 5.15. The van der Waals surface area contributed by atoms with Gasteiger partial charge in [0.15, 0.2) is 5.82 Å². The van der Waals surface area contributed by atoms with Gasteiger partial charge in [0.1, 0.15) is 0 Å². The number of carbonyl (C=O) groups is 1. The number of hydrazine groups is 1. The van der Waals surface area contributed by atoms with E-state index in [1.54, 1.807) is 11.9 Å². The lowest BCUT2D eigenvalue weighted by atomic mass is 9.85. The SMILES string of the molecule is CN(Cc1noc(C2CCC2)n1)C(=O)C1CNNC1c1ccccc1. The summed E-state index contributed by atoms with van der Waals surface area (Å²) in [6.07, 6.45) is 3.46. The largest absolute Gasteiger partial charge is 0.339 e. The highest BCUT2D eigenvalue weighted by Crippen LogP contribution is 2.35. The van der Waals surface area contributed by atoms with E-state index in [1.165, 1.54) is 6.42 Å². The first kappa shape index (κ1) is 16.2. The second-order valence-corrected chi connectivity index (χ2v) is 6.89. The molecule has 1 aromatic heterocycles. The van der Waals surface area contributed by atoms with E-state index in [2.05, 4.69) is 21.0 Å². The highest BCUT2D eigenvalue weighted by Gasteiger charge is 2.36. The Morgan fingerprint density at radius 2 is 2.12 bits per heavy atom. The summed E-state index contributed by atoms with van der Waals surface area (Å²) >= 11 is 0. The second-order valence-electron chi connectivity index (χ2n) is 6.89. The smallest absolute Gasteiger partial charge is 0.229 e. The minimum absolute atomic E-state index is 0.0352. The number of rotatable bonds is 5. The molecule has 2 fully saturated rings. The third kappa shape index (κ3) is 3.29. The van der Waals surface area contributed by atoms with E-state index in [4.69, 9.17) is 4.52 Å². The normalized spacial score (nSPS) is 23.4. The molecule has 1 aromatic carbocycles. The fourth-order valence-electron chi connectivity index (χ4n) is 3.43. The van der Waals surface area contributed by atoms with Crippen molar-refractivity contribution in [1.29, 1.82) is 0 Å². The molecular weight excluding hydrogens is 318 g/mol. The van der Waals surface area contributed by atoms with E-state index < -0.39 is 0 Å². The van der Waals surface area contributed by atoms with Gasteiger partial charge in [-0.05, 0) is 18.4 Å². The van der Waals surface area contributed by atoms with Crippen LogP contribution in [-0.4, -0.2) is 34.5 Å². The molecule has 2 unspecified atom stereocenters. The summed E-state index contributed by atoms with van der Waals surface area (Å²) in [5, 5.41) is 4.03. The highest BCUT2D eigenvalue weighted by molar-refractivity contribution is 5.80. The fraction of sp³-hybridized carbons (Fsp3) is 0.500. The molecule has 25 heavy (non-hydrogen) atoms. The predicted octanol–water partition coefficient (Wildman–Crippen LogP) is 1.76. The van der Waals surface area contributed by atoms with E-state index >= 15 is 0 Å². The van der Waals surface area contributed by atoms with Crippen molar-refractivity contribution < 1.29 is 9.32 Å². The van der Waals surface area contributed by atoms with Crippen LogP contribution < -0.4 is 10.9 Å². The summed E-state index contributed by atoms with van der Waals surface area (Å²) < 4.78 is 5.34. The van der Waals surface area contributed by atoms with Crippen LogP contribution in [0.2, 0.25) is 0 Å². The minimum Gasteiger partial charge on any atom is -0.339 e. The second kappa shape index (κ2) is 6.93. The molecule has 7 nitrogen and oxygen atoms in total. The van der Waals surface area contributed by atoms with Crippen molar-refractivity contribution in [3.8, 4) is 0 Å². The number of aromatic nitrogens is 2. The number of nitrogens with zero attached hydrogens (tertiary/aromatic N) is 3. The molecule has 4 rings (SSSR count). The Hall–Kier alpha value is -2.25. The van der Waals surface area contributed by atoms with Crippen LogP contribution in [0, 0.1) is 5.92 Å². The van der Waals surface area contributed by atoms with Crippen LogP contribution in [0.3, 0.4) is 0 Å². The Labute approximate surface area is 146 Å². The maximum absolute atomic E-state index is 12.9. The molecule has 132 valence electrons. The topological polar surface area (TPSA) is 83.3 Å². The van der Waals surface area contributed by atoms with Gasteiger partial charge in [0.25, 0.3) is 0 Å². The average Bonchev–Trinajstić information content (AvgIpc) is 3.23. The lowest BCUT2D eigenvalue weighted by molar-refractivity contribution is -0.134. The molecule has 2 atom stereocenters. The van der Waals surface area contributed by atoms with Crippen LogP contribution in [0.25, 0.3) is 0 Å². The van der Waals surface area contributed by atoms with Crippen LogP contribution in [0.15, 0.2) is 34.9 Å². The number of hydrogen-bond donors (Lipinski definition) is 2. The van der Waals surface area contributed by atoms with Gasteiger partial charge in [0.05, 0.1) is 18.5 Å². The summed E-state index contributed by atoms with van der Waals surface area (Å²) in [5.74, 6) is 1.61. The van der Waals surface area contributed by atoms with Gasteiger partial charge in [-0.15, -0.1) is 0 Å². The van der Waals surface area contributed by atoms with Gasteiger partial charge < -0.3 is 9.42 Å². The molecule has 0 spiro atoms. The van der Waals surface area contributed by atoms with Crippen molar-refractivity contribution >= 4 is 5.91 Å². The van der Waals surface area contributed by atoms with E-state index in [0.29, 0.717) is 30.7 Å². The Bertz CT molecular complexity index is 728. The van der Waals surface area contributed by atoms with Gasteiger partial charge in [-0.2, -0.15) is 4.98 Å². The third-order valence-corrected chi connectivity index (χ3v) is 5.15. The first-order chi connectivity index (χ1) is 12.2. The molecular formula is C18H23N5O2. The quantitative estimate of drug-likeness (QED) is 0.862. The zero-order valence-electron chi connectivity index (χ0n) is 14.3. The van der Waals surface area contributed by atoms with Crippen molar-refractivity contribution in [3.63, 3.8) is 0 Å². The molecule has 1 saturated heterocycles. The summed E-state index contributed by atoms with van der Waals surface area (Å²) in [6, 6.07) is 9.99. The molecule has 1 saturated carbocycles. The van der Waals surface area contributed by atoms with Crippen molar-refractivity contribution in [2.24, 2.45) is 5.92 Å². The van der Waals surface area contributed by atoms with Crippen molar-refractivity contribution in [3.05, 3.63) is 47.6 Å². The maximum atomic E-state index is 12.9. The highest BCUT2D eigenvalue weighted by atomic mass is 16.5. The van der Waals surface area contributed by atoms with Gasteiger partial charge in [0, 0.05) is 19.5 Å². The Morgan fingerprint density at radius 3 is 2.84 bits per heavy atom. The monoisotopic (exact) mass is 341 g/mol. The molecule has 7 heteroatoms. The number of amides is 1. The summed E-state index contributed by atoms with van der Waals surface area (Å²) in [6.45, 7) is 0.968. The lowest BCUT2D eigenvalue weighted by Crippen LogP contribution is -2.36. The first-order valence-electron chi connectivity index (χ1n) is 8.83. The van der Waals surface area contributed by atoms with Gasteiger partial charge in [-0.25, -0.2) is 5.43 Å². The van der Waals surface area contributed by atoms with Gasteiger partial charge >= 0.3 is 0 Å². The Balaban J connectivity index is 1.41. The average molecular weight is 341 g/mol. The molecule has 0 radical (unpaired) electrons. The van der Waals surface area contributed by atoms with Crippen LogP contribution >= 0.6 is 0 Å². The van der Waals surface area contributed by atoms with Crippen molar-refractivity contribution in [2.45, 2.75) is 37.8 Å². The summed E-state index contributed by atoms with van der Waals surface area (Å²) in [4.78, 5) is 19.0. The number of nitrogens with one attached hydrogen (secondary N) is 2. The minimum atomic E-state index is -0.162. The summed E-state index contributed by atoms with van der Waals surface area (Å²) in [7, 11) is 1.79. The lowest BCUT2D eigenvalue weighted by Gasteiger charge is -2.23. The van der Waals surface area contributed by atoms with E-state index in [0.717, 1.165) is 18.4 Å². The van der Waals surface area contributed by atoms with E-state index in [-0.39, 0.29) is 17.9 Å². The molecule has 1 amide bonds. The maximum Gasteiger partial charge on any atom is 0.229 e. The van der Waals surface area contributed by atoms with Crippen LogP contribution in [0.4, 0.5) is 0 Å². The molecule has 1 aliphatic carbocycles. The van der Waals surface area contributed by atoms with Crippen LogP contribution in [0.1, 0.15) is 48.5 Å². The predicted molar refractivity (Wildman–Crippen MR) is 91.2 cm³/mol. The standard InChI is InChI=1S/C18H23N5O2/c1-23(11-15-20-17(25-22-15)13-8-5-9-13)18(24)14-10-19-21-16(14)12-6-3-2-4-7-12/h2-4,6-7,13-14,16,19,21H,5,8-11H2,1H3. The van der Waals surface area contributed by atoms with Gasteiger partial charge in [-0.3, -0.25) is 10.2 Å². The fourth-order valence-corrected chi connectivity index (χ4v) is 3.43. The number of carbonyl (C=O) groups excluding carboxylic acids is 1. The summed E-state index contributed by atoms with van der Waals surface area (Å²) in [5.41, 5.74) is 7.42. The van der Waals surface area contributed by atoms with Crippen molar-refractivity contribution in [1.82, 2.24) is 25.9 Å². The number of benzene rings is 1. The van der Waals surface area contributed by atoms with Gasteiger partial charge in [0.2, 0.25) is 11.8 Å². The van der Waals surface area contributed by atoms with Crippen LogP contribution in [0.5, 0.6) is 0 Å². The Kier molecular flexibility index (Phi) is 4.50. The van der Waals surface area contributed by atoms with Crippen molar-refractivity contribution in [2.75, 3.05) is 13.6 Å². The molecule has 2 N–H and O–H groups in total. The molecule has 2 aromatic rings.